The normalized spacial score (nSPS) is 19.8. The SMILES string of the molecule is CC1CCN(C(=O)c2cccc3ocnc23)C[C@H]1c1cc(C(F)F)nc2ncnn12. The predicted molar refractivity (Wildman–Crippen MR) is 102 cm³/mol. The maximum atomic E-state index is 13.4. The lowest BCUT2D eigenvalue weighted by molar-refractivity contribution is 0.0667. The lowest BCUT2D eigenvalue weighted by atomic mass is 9.84. The van der Waals surface area contributed by atoms with Crippen LogP contribution in [0.15, 0.2) is 41.4 Å². The number of hydrogen-bond acceptors (Lipinski definition) is 6. The molecule has 1 unspecified atom stereocenters. The highest BCUT2D eigenvalue weighted by molar-refractivity contribution is 6.04. The molecule has 1 aromatic carbocycles. The van der Waals surface area contributed by atoms with Gasteiger partial charge in [0, 0.05) is 19.0 Å². The lowest BCUT2D eigenvalue weighted by Crippen LogP contribution is -2.42. The summed E-state index contributed by atoms with van der Waals surface area (Å²) in [6.45, 7) is 2.99. The highest BCUT2D eigenvalue weighted by Crippen LogP contribution is 2.34. The summed E-state index contributed by atoms with van der Waals surface area (Å²) in [6.07, 6.45) is 0.621. The fourth-order valence-corrected chi connectivity index (χ4v) is 4.10. The Hall–Kier alpha value is -3.43. The Morgan fingerprint density at radius 2 is 2.17 bits per heavy atom. The number of likely N-dealkylation sites (tertiary alicyclic amines) is 1. The molecule has 0 N–H and O–H groups in total. The summed E-state index contributed by atoms with van der Waals surface area (Å²) in [6, 6.07) is 6.60. The van der Waals surface area contributed by atoms with Crippen molar-refractivity contribution in [2.45, 2.75) is 25.7 Å². The van der Waals surface area contributed by atoms with Crippen molar-refractivity contribution in [2.75, 3.05) is 13.1 Å². The first-order chi connectivity index (χ1) is 14.5. The van der Waals surface area contributed by atoms with Crippen LogP contribution in [0.5, 0.6) is 0 Å². The first-order valence-electron chi connectivity index (χ1n) is 9.63. The number of rotatable bonds is 3. The van der Waals surface area contributed by atoms with Gasteiger partial charge in [-0.1, -0.05) is 13.0 Å². The van der Waals surface area contributed by atoms with E-state index in [1.165, 1.54) is 23.3 Å². The fourth-order valence-electron chi connectivity index (χ4n) is 4.10. The van der Waals surface area contributed by atoms with Gasteiger partial charge in [-0.05, 0) is 30.5 Å². The smallest absolute Gasteiger partial charge is 0.280 e. The second-order valence-electron chi connectivity index (χ2n) is 7.51. The number of piperidine rings is 1. The topological polar surface area (TPSA) is 89.4 Å². The van der Waals surface area contributed by atoms with Gasteiger partial charge in [-0.2, -0.15) is 10.1 Å². The van der Waals surface area contributed by atoms with E-state index < -0.39 is 6.43 Å². The van der Waals surface area contributed by atoms with Gasteiger partial charge in [-0.25, -0.2) is 23.3 Å². The van der Waals surface area contributed by atoms with Gasteiger partial charge >= 0.3 is 0 Å². The van der Waals surface area contributed by atoms with Crippen LogP contribution < -0.4 is 0 Å². The second kappa shape index (κ2) is 7.12. The summed E-state index contributed by atoms with van der Waals surface area (Å²) in [5, 5.41) is 4.16. The molecule has 8 nitrogen and oxygen atoms in total. The van der Waals surface area contributed by atoms with Crippen LogP contribution >= 0.6 is 0 Å². The van der Waals surface area contributed by atoms with Gasteiger partial charge in [0.2, 0.25) is 0 Å². The van der Waals surface area contributed by atoms with E-state index in [0.29, 0.717) is 35.4 Å². The van der Waals surface area contributed by atoms with Crippen LogP contribution in [-0.2, 0) is 0 Å². The number of oxazole rings is 1. The third-order valence-electron chi connectivity index (χ3n) is 5.74. The monoisotopic (exact) mass is 412 g/mol. The zero-order valence-corrected chi connectivity index (χ0v) is 16.1. The third-order valence-corrected chi connectivity index (χ3v) is 5.74. The largest absolute Gasteiger partial charge is 0.443 e. The van der Waals surface area contributed by atoms with Crippen molar-refractivity contribution in [1.82, 2.24) is 29.5 Å². The average molecular weight is 412 g/mol. The zero-order chi connectivity index (χ0) is 20.8. The van der Waals surface area contributed by atoms with Crippen LogP contribution in [0.3, 0.4) is 0 Å². The number of carbonyl (C=O) groups excluding carboxylic acids is 1. The molecule has 1 saturated heterocycles. The van der Waals surface area contributed by atoms with Crippen LogP contribution in [0.2, 0.25) is 0 Å². The molecule has 154 valence electrons. The highest BCUT2D eigenvalue weighted by atomic mass is 19.3. The highest BCUT2D eigenvalue weighted by Gasteiger charge is 2.33. The van der Waals surface area contributed by atoms with Crippen molar-refractivity contribution < 1.29 is 18.0 Å². The van der Waals surface area contributed by atoms with Crippen molar-refractivity contribution in [1.29, 1.82) is 0 Å². The Morgan fingerprint density at radius 3 is 3.00 bits per heavy atom. The van der Waals surface area contributed by atoms with E-state index in [2.05, 4.69) is 27.0 Å². The van der Waals surface area contributed by atoms with Crippen LogP contribution in [0.4, 0.5) is 8.78 Å². The van der Waals surface area contributed by atoms with Crippen molar-refractivity contribution in [2.24, 2.45) is 5.92 Å². The molecule has 0 aliphatic carbocycles. The van der Waals surface area contributed by atoms with E-state index >= 15 is 0 Å². The van der Waals surface area contributed by atoms with Gasteiger partial charge in [0.15, 0.2) is 12.0 Å². The molecule has 1 amide bonds. The number of carbonyl (C=O) groups is 1. The Balaban J connectivity index is 1.52. The van der Waals surface area contributed by atoms with Crippen LogP contribution in [-0.4, -0.2) is 48.5 Å². The van der Waals surface area contributed by atoms with Crippen molar-refractivity contribution >= 4 is 22.8 Å². The summed E-state index contributed by atoms with van der Waals surface area (Å²) >= 11 is 0. The summed E-state index contributed by atoms with van der Waals surface area (Å²) in [5.41, 5.74) is 1.76. The Kier molecular flexibility index (Phi) is 4.41. The summed E-state index contributed by atoms with van der Waals surface area (Å²) < 4.78 is 33.6. The number of halogens is 2. The Bertz CT molecular complexity index is 1240. The number of benzene rings is 1. The number of amides is 1. The molecular weight excluding hydrogens is 394 g/mol. The maximum Gasteiger partial charge on any atom is 0.280 e. The molecule has 0 bridgehead atoms. The third kappa shape index (κ3) is 2.99. The van der Waals surface area contributed by atoms with E-state index in [1.54, 1.807) is 23.1 Å². The summed E-state index contributed by atoms with van der Waals surface area (Å²) in [5.74, 6) is -0.0590. The minimum Gasteiger partial charge on any atom is -0.443 e. The quantitative estimate of drug-likeness (QED) is 0.512. The molecule has 1 aliphatic heterocycles. The number of alkyl halides is 2. The number of aromatic nitrogens is 5. The molecule has 0 spiro atoms. The Morgan fingerprint density at radius 1 is 1.30 bits per heavy atom. The average Bonchev–Trinajstić information content (AvgIpc) is 3.42. The standard InChI is InChI=1S/C20H18F2N6O2/c1-11-5-6-27(19(29)12-3-2-4-16-17(12)24-10-30-16)8-13(11)15-7-14(18(21)22)26-20-23-9-25-28(15)20/h2-4,7,9-11,13,18H,5-6,8H2,1H3/t11?,13-/m1/s1. The molecule has 2 atom stereocenters. The minimum absolute atomic E-state index is 0.130. The molecule has 1 aliphatic rings. The molecule has 30 heavy (non-hydrogen) atoms. The first-order valence-corrected chi connectivity index (χ1v) is 9.63. The molecule has 0 radical (unpaired) electrons. The van der Waals surface area contributed by atoms with Gasteiger partial charge in [0.1, 0.15) is 17.5 Å². The van der Waals surface area contributed by atoms with Gasteiger partial charge in [0.25, 0.3) is 18.1 Å². The van der Waals surface area contributed by atoms with Gasteiger partial charge in [0.05, 0.1) is 11.3 Å². The van der Waals surface area contributed by atoms with Crippen molar-refractivity contribution in [3.63, 3.8) is 0 Å². The number of fused-ring (bicyclic) bond motifs is 2. The number of nitrogens with zero attached hydrogens (tertiary/aromatic N) is 6. The van der Waals surface area contributed by atoms with Crippen molar-refractivity contribution in [3.05, 3.63) is 53.9 Å². The molecule has 10 heteroatoms. The van der Waals surface area contributed by atoms with Gasteiger partial charge in [-0.3, -0.25) is 4.79 Å². The molecule has 1 fully saturated rings. The van der Waals surface area contributed by atoms with E-state index in [9.17, 15) is 13.6 Å². The van der Waals surface area contributed by atoms with E-state index in [1.807, 2.05) is 0 Å². The molecule has 4 aromatic rings. The van der Waals surface area contributed by atoms with Crippen LogP contribution in [0.25, 0.3) is 16.9 Å². The molecule has 3 aromatic heterocycles. The van der Waals surface area contributed by atoms with E-state index in [-0.39, 0.29) is 29.2 Å². The van der Waals surface area contributed by atoms with Gasteiger partial charge in [-0.15, -0.1) is 0 Å². The first kappa shape index (κ1) is 18.6. The van der Waals surface area contributed by atoms with Crippen molar-refractivity contribution in [3.8, 4) is 0 Å². The predicted octanol–water partition coefficient (Wildman–Crippen LogP) is 3.47. The second-order valence-corrected chi connectivity index (χ2v) is 7.51. The molecule has 5 rings (SSSR count). The number of para-hydroxylation sites is 1. The summed E-state index contributed by atoms with van der Waals surface area (Å²) in [4.78, 5) is 27.0. The summed E-state index contributed by atoms with van der Waals surface area (Å²) in [7, 11) is 0. The zero-order valence-electron chi connectivity index (χ0n) is 16.1. The van der Waals surface area contributed by atoms with Gasteiger partial charge < -0.3 is 9.32 Å². The Labute approximate surface area is 169 Å². The molecular formula is C20H18F2N6O2. The van der Waals surface area contributed by atoms with Crippen LogP contribution in [0.1, 0.15) is 47.4 Å². The lowest BCUT2D eigenvalue weighted by Gasteiger charge is -2.37. The van der Waals surface area contributed by atoms with E-state index in [0.717, 1.165) is 6.42 Å². The van der Waals surface area contributed by atoms with E-state index in [4.69, 9.17) is 4.42 Å². The minimum atomic E-state index is -2.72. The van der Waals surface area contributed by atoms with Crippen LogP contribution in [0, 0.1) is 5.92 Å². The number of hydrogen-bond donors (Lipinski definition) is 0. The molecule has 0 saturated carbocycles. The maximum absolute atomic E-state index is 13.4. The fraction of sp³-hybridized carbons (Fsp3) is 0.350. The molecule has 4 heterocycles.